The van der Waals surface area contributed by atoms with Crippen LogP contribution in [0.2, 0.25) is 5.02 Å². The molecule has 3 aromatic rings. The summed E-state index contributed by atoms with van der Waals surface area (Å²) in [6.07, 6.45) is 3.41. The zero-order chi connectivity index (χ0) is 20.1. The number of phenols is 1. The highest BCUT2D eigenvalue weighted by Gasteiger charge is 2.15. The average Bonchev–Trinajstić information content (AvgIpc) is 2.68. The van der Waals surface area contributed by atoms with Gasteiger partial charge in [0.25, 0.3) is 0 Å². The van der Waals surface area contributed by atoms with Crippen molar-refractivity contribution in [1.82, 2.24) is 15.0 Å². The van der Waals surface area contributed by atoms with E-state index in [-0.39, 0.29) is 24.3 Å². The molecule has 0 saturated carbocycles. The number of pyridine rings is 1. The maximum atomic E-state index is 9.63. The number of hydrogen-bond donors (Lipinski definition) is 4. The number of halogens is 1. The minimum absolute atomic E-state index is 0.0370. The third-order valence-electron chi connectivity index (χ3n) is 4.21. The van der Waals surface area contributed by atoms with Gasteiger partial charge in [-0.05, 0) is 30.2 Å². The van der Waals surface area contributed by atoms with E-state index in [1.54, 1.807) is 24.5 Å². The monoisotopic (exact) mass is 399 g/mol. The molecule has 0 aliphatic carbocycles. The first-order valence-corrected chi connectivity index (χ1v) is 9.26. The molecule has 2 heterocycles. The van der Waals surface area contributed by atoms with E-state index in [4.69, 9.17) is 11.6 Å². The minimum atomic E-state index is -0.186. The zero-order valence-corrected chi connectivity index (χ0v) is 16.4. The number of rotatable bonds is 7. The van der Waals surface area contributed by atoms with Gasteiger partial charge in [-0.1, -0.05) is 25.4 Å². The number of aliphatic hydroxyl groups is 1. The Bertz CT molecular complexity index is 937. The van der Waals surface area contributed by atoms with Crippen LogP contribution in [0.25, 0.3) is 11.3 Å². The Morgan fingerprint density at radius 3 is 2.61 bits per heavy atom. The smallest absolute Gasteiger partial charge is 0.225 e. The van der Waals surface area contributed by atoms with Gasteiger partial charge in [0.2, 0.25) is 5.95 Å². The summed E-state index contributed by atoms with van der Waals surface area (Å²) < 4.78 is 0. The minimum Gasteiger partial charge on any atom is -0.508 e. The molecule has 1 atom stereocenters. The first-order chi connectivity index (χ1) is 13.5. The second kappa shape index (κ2) is 8.86. The number of nitrogens with zero attached hydrogens (tertiary/aromatic N) is 3. The van der Waals surface area contributed by atoms with Crippen LogP contribution in [0, 0.1) is 5.92 Å². The number of nitrogens with one attached hydrogen (secondary N) is 2. The number of aliphatic hydroxyl groups excluding tert-OH is 1. The van der Waals surface area contributed by atoms with Gasteiger partial charge in [-0.25, -0.2) is 4.98 Å². The quantitative estimate of drug-likeness (QED) is 0.444. The van der Waals surface area contributed by atoms with E-state index < -0.39 is 0 Å². The van der Waals surface area contributed by atoms with Gasteiger partial charge in [-0.15, -0.1) is 0 Å². The van der Waals surface area contributed by atoms with E-state index in [9.17, 15) is 10.2 Å². The fourth-order valence-corrected chi connectivity index (χ4v) is 2.79. The van der Waals surface area contributed by atoms with Gasteiger partial charge in [-0.2, -0.15) is 4.98 Å². The number of benzene rings is 1. The van der Waals surface area contributed by atoms with Gasteiger partial charge >= 0.3 is 0 Å². The molecule has 146 valence electrons. The van der Waals surface area contributed by atoms with Gasteiger partial charge in [0.15, 0.2) is 0 Å². The van der Waals surface area contributed by atoms with E-state index in [0.29, 0.717) is 28.2 Å². The molecule has 28 heavy (non-hydrogen) atoms. The SMILES string of the molecule is CC(C)[C@H](CO)Nc1nc(Nc2ccc(O)cc2Cl)cc(-c2cccnc2)n1. The highest BCUT2D eigenvalue weighted by molar-refractivity contribution is 6.33. The van der Waals surface area contributed by atoms with Crippen molar-refractivity contribution in [3.8, 4) is 17.0 Å². The molecular formula is C20H22ClN5O2. The van der Waals surface area contributed by atoms with Crippen LogP contribution in [0.3, 0.4) is 0 Å². The predicted octanol–water partition coefficient (Wildman–Crippen LogP) is 4.07. The molecule has 0 bridgehead atoms. The molecule has 4 N–H and O–H groups in total. The Morgan fingerprint density at radius 2 is 1.96 bits per heavy atom. The van der Waals surface area contributed by atoms with Crippen molar-refractivity contribution >= 4 is 29.1 Å². The normalized spacial score (nSPS) is 12.0. The third kappa shape index (κ3) is 4.88. The second-order valence-corrected chi connectivity index (χ2v) is 7.08. The van der Waals surface area contributed by atoms with E-state index in [1.807, 2.05) is 26.0 Å². The third-order valence-corrected chi connectivity index (χ3v) is 4.53. The highest BCUT2D eigenvalue weighted by Crippen LogP contribution is 2.30. The van der Waals surface area contributed by atoms with Gasteiger partial charge in [0.05, 0.1) is 29.1 Å². The zero-order valence-electron chi connectivity index (χ0n) is 15.6. The molecule has 0 saturated heterocycles. The van der Waals surface area contributed by atoms with E-state index >= 15 is 0 Å². The Balaban J connectivity index is 1.99. The number of aromatic nitrogens is 3. The second-order valence-electron chi connectivity index (χ2n) is 6.67. The summed E-state index contributed by atoms with van der Waals surface area (Å²) in [5, 5.41) is 25.9. The maximum Gasteiger partial charge on any atom is 0.225 e. The average molecular weight is 400 g/mol. The summed E-state index contributed by atoms with van der Waals surface area (Å²) in [7, 11) is 0. The van der Waals surface area contributed by atoms with Crippen molar-refractivity contribution < 1.29 is 10.2 Å². The van der Waals surface area contributed by atoms with E-state index in [2.05, 4.69) is 25.6 Å². The van der Waals surface area contributed by atoms with Crippen molar-refractivity contribution in [2.45, 2.75) is 19.9 Å². The molecule has 0 unspecified atom stereocenters. The molecule has 0 amide bonds. The lowest BCUT2D eigenvalue weighted by molar-refractivity contribution is 0.248. The molecule has 7 nitrogen and oxygen atoms in total. The Morgan fingerprint density at radius 1 is 1.14 bits per heavy atom. The Labute approximate surface area is 168 Å². The molecule has 0 spiro atoms. The lowest BCUT2D eigenvalue weighted by Crippen LogP contribution is -2.30. The molecule has 1 aromatic carbocycles. The largest absolute Gasteiger partial charge is 0.508 e. The summed E-state index contributed by atoms with van der Waals surface area (Å²) >= 11 is 6.20. The summed E-state index contributed by atoms with van der Waals surface area (Å²) in [6, 6.07) is 10.00. The van der Waals surface area contributed by atoms with Crippen molar-refractivity contribution in [3.05, 3.63) is 53.8 Å². The standard InChI is InChI=1S/C20H22ClN5O2/c1-12(2)18(11-27)25-20-24-17(13-4-3-7-22-10-13)9-19(26-20)23-16-6-5-14(28)8-15(16)21/h3-10,12,18,27-28H,11H2,1-2H3,(H2,23,24,25,26)/t18-/m0/s1. The fraction of sp³-hybridized carbons (Fsp3) is 0.250. The number of anilines is 3. The highest BCUT2D eigenvalue weighted by atomic mass is 35.5. The molecular weight excluding hydrogens is 378 g/mol. The van der Waals surface area contributed by atoms with Gasteiger partial charge in [-0.3, -0.25) is 4.98 Å². The number of phenolic OH excluding ortho intramolecular Hbond substituents is 1. The van der Waals surface area contributed by atoms with Gasteiger partial charge < -0.3 is 20.8 Å². The van der Waals surface area contributed by atoms with Crippen LogP contribution >= 0.6 is 11.6 Å². The lowest BCUT2D eigenvalue weighted by atomic mass is 10.1. The van der Waals surface area contributed by atoms with Crippen LogP contribution in [0.4, 0.5) is 17.5 Å². The summed E-state index contributed by atoms with van der Waals surface area (Å²) in [6.45, 7) is 3.98. The molecule has 3 rings (SSSR count). The van der Waals surface area contributed by atoms with Gasteiger partial charge in [0, 0.05) is 30.1 Å². The van der Waals surface area contributed by atoms with Crippen LogP contribution in [0.15, 0.2) is 48.8 Å². The first-order valence-electron chi connectivity index (χ1n) is 8.88. The van der Waals surface area contributed by atoms with E-state index in [1.165, 1.54) is 12.1 Å². The van der Waals surface area contributed by atoms with Crippen LogP contribution in [0.5, 0.6) is 5.75 Å². The fourth-order valence-electron chi connectivity index (χ4n) is 2.57. The van der Waals surface area contributed by atoms with Crippen molar-refractivity contribution in [3.63, 3.8) is 0 Å². The van der Waals surface area contributed by atoms with Crippen molar-refractivity contribution in [1.29, 1.82) is 0 Å². The van der Waals surface area contributed by atoms with Crippen LogP contribution in [0.1, 0.15) is 13.8 Å². The molecule has 0 fully saturated rings. The molecule has 0 radical (unpaired) electrons. The first kappa shape index (κ1) is 19.9. The number of aromatic hydroxyl groups is 1. The summed E-state index contributed by atoms with van der Waals surface area (Å²) in [5.41, 5.74) is 2.10. The summed E-state index contributed by atoms with van der Waals surface area (Å²) in [4.78, 5) is 13.2. The van der Waals surface area contributed by atoms with Crippen LogP contribution in [-0.2, 0) is 0 Å². The Kier molecular flexibility index (Phi) is 6.28. The molecule has 0 aliphatic heterocycles. The van der Waals surface area contributed by atoms with Gasteiger partial charge in [0.1, 0.15) is 11.6 Å². The number of hydrogen-bond acceptors (Lipinski definition) is 7. The molecule has 0 aliphatic rings. The van der Waals surface area contributed by atoms with Crippen LogP contribution < -0.4 is 10.6 Å². The predicted molar refractivity (Wildman–Crippen MR) is 111 cm³/mol. The van der Waals surface area contributed by atoms with E-state index in [0.717, 1.165) is 5.56 Å². The summed E-state index contributed by atoms with van der Waals surface area (Å²) in [5.74, 6) is 1.17. The Hall–Kier alpha value is -2.90. The van der Waals surface area contributed by atoms with Crippen LogP contribution in [-0.4, -0.2) is 37.8 Å². The van der Waals surface area contributed by atoms with Crippen molar-refractivity contribution in [2.24, 2.45) is 5.92 Å². The lowest BCUT2D eigenvalue weighted by Gasteiger charge is -2.20. The van der Waals surface area contributed by atoms with Crippen molar-refractivity contribution in [2.75, 3.05) is 17.2 Å². The molecule has 2 aromatic heterocycles. The maximum absolute atomic E-state index is 9.63. The molecule has 8 heteroatoms. The topological polar surface area (TPSA) is 103 Å².